The number of hydrogen-bond acceptors (Lipinski definition) is 5. The van der Waals surface area contributed by atoms with Crippen molar-refractivity contribution in [3.8, 4) is 5.75 Å². The minimum atomic E-state index is 0.0119. The van der Waals surface area contributed by atoms with Crippen molar-refractivity contribution in [2.24, 2.45) is 0 Å². The molecule has 1 aliphatic rings. The number of methoxy groups -OCH3 is 1. The zero-order chi connectivity index (χ0) is 19.1. The number of fused-ring (bicyclic) bond motifs is 2. The number of nitrogens with zero attached hydrogens (tertiary/aromatic N) is 5. The fourth-order valence-electron chi connectivity index (χ4n) is 3.64. The Morgan fingerprint density at radius 1 is 1.26 bits per heavy atom. The molecule has 0 amide bonds. The van der Waals surface area contributed by atoms with Gasteiger partial charge in [-0.1, -0.05) is 12.1 Å². The highest BCUT2D eigenvalue weighted by molar-refractivity contribution is 5.73. The summed E-state index contributed by atoms with van der Waals surface area (Å²) in [4.78, 5) is 20.1. The first kappa shape index (κ1) is 17.7. The van der Waals surface area contributed by atoms with Crippen LogP contribution >= 0.6 is 0 Å². The summed E-state index contributed by atoms with van der Waals surface area (Å²) in [6.07, 6.45) is 1.65. The summed E-state index contributed by atoms with van der Waals surface area (Å²) < 4.78 is 8.87. The van der Waals surface area contributed by atoms with E-state index in [2.05, 4.69) is 29.1 Å². The molecular formula is C20H25N5O2. The average molecular weight is 367 g/mol. The van der Waals surface area contributed by atoms with E-state index in [0.29, 0.717) is 24.1 Å². The topological polar surface area (TPSA) is 65.2 Å². The van der Waals surface area contributed by atoms with Crippen LogP contribution in [0.5, 0.6) is 5.75 Å². The third-order valence-corrected chi connectivity index (χ3v) is 5.24. The van der Waals surface area contributed by atoms with E-state index < -0.39 is 0 Å². The lowest BCUT2D eigenvalue weighted by molar-refractivity contribution is 0.137. The lowest BCUT2D eigenvalue weighted by Gasteiger charge is -2.35. The summed E-state index contributed by atoms with van der Waals surface area (Å²) in [7, 11) is 1.67. The molecule has 0 bridgehead atoms. The normalized spacial score (nSPS) is 17.4. The molecule has 0 radical (unpaired) electrons. The summed E-state index contributed by atoms with van der Waals surface area (Å²) in [5, 5.41) is 4.96. The molecule has 3 aromatic rings. The quantitative estimate of drug-likeness (QED) is 0.709. The van der Waals surface area contributed by atoms with Gasteiger partial charge in [0.05, 0.1) is 19.9 Å². The second kappa shape index (κ2) is 6.81. The molecule has 3 heterocycles. The number of rotatable bonds is 4. The van der Waals surface area contributed by atoms with Crippen molar-refractivity contribution >= 4 is 11.0 Å². The molecule has 7 heteroatoms. The van der Waals surface area contributed by atoms with Crippen LogP contribution in [0.25, 0.3) is 11.0 Å². The van der Waals surface area contributed by atoms with Gasteiger partial charge in [0.25, 0.3) is 5.56 Å². The molecule has 2 aromatic heterocycles. The first-order valence-electron chi connectivity index (χ1n) is 9.32. The van der Waals surface area contributed by atoms with Gasteiger partial charge in [0.15, 0.2) is 5.65 Å². The molecule has 0 N–H and O–H groups in total. The van der Waals surface area contributed by atoms with Crippen molar-refractivity contribution in [2.45, 2.75) is 52.5 Å². The molecule has 1 atom stereocenters. The highest BCUT2D eigenvalue weighted by atomic mass is 16.5. The van der Waals surface area contributed by atoms with E-state index in [-0.39, 0.29) is 17.6 Å². The van der Waals surface area contributed by atoms with Gasteiger partial charge in [-0.05, 0) is 38.5 Å². The van der Waals surface area contributed by atoms with Crippen molar-refractivity contribution in [3.63, 3.8) is 0 Å². The van der Waals surface area contributed by atoms with Crippen LogP contribution in [-0.2, 0) is 19.6 Å². The molecule has 4 rings (SSSR count). The molecule has 0 fully saturated rings. The van der Waals surface area contributed by atoms with Gasteiger partial charge in [-0.25, -0.2) is 9.67 Å². The monoisotopic (exact) mass is 367 g/mol. The maximum atomic E-state index is 12.9. The molecular weight excluding hydrogens is 342 g/mol. The van der Waals surface area contributed by atoms with Crippen LogP contribution in [-0.4, -0.2) is 37.4 Å². The largest absolute Gasteiger partial charge is 0.497 e. The summed E-state index contributed by atoms with van der Waals surface area (Å²) in [5.74, 6) is 1.66. The van der Waals surface area contributed by atoms with Gasteiger partial charge in [0.2, 0.25) is 0 Å². The third kappa shape index (κ3) is 3.12. The van der Waals surface area contributed by atoms with E-state index in [1.165, 1.54) is 5.56 Å². The predicted molar refractivity (Wildman–Crippen MR) is 104 cm³/mol. The fraction of sp³-hybridized carbons (Fsp3) is 0.450. The molecule has 0 aliphatic carbocycles. The van der Waals surface area contributed by atoms with Gasteiger partial charge in [-0.15, -0.1) is 0 Å². The van der Waals surface area contributed by atoms with E-state index in [4.69, 9.17) is 9.72 Å². The van der Waals surface area contributed by atoms with Crippen molar-refractivity contribution < 1.29 is 4.74 Å². The molecule has 0 saturated carbocycles. The van der Waals surface area contributed by atoms with Crippen LogP contribution in [0.3, 0.4) is 0 Å². The molecule has 7 nitrogen and oxygen atoms in total. The summed E-state index contributed by atoms with van der Waals surface area (Å²) >= 11 is 0. The van der Waals surface area contributed by atoms with Crippen molar-refractivity contribution in [2.75, 3.05) is 7.11 Å². The van der Waals surface area contributed by atoms with Gasteiger partial charge in [-0.2, -0.15) is 5.10 Å². The maximum Gasteiger partial charge on any atom is 0.264 e. The standard InChI is InChI=1S/C20H25N5O2/c1-13(2)25-19-17(9-21-25)20(26)24-10-14(3)23(12-18(24)22-19)11-15-5-7-16(27-4)8-6-15/h5-9,13-14H,10-12H2,1-4H3. The van der Waals surface area contributed by atoms with Crippen LogP contribution in [0.2, 0.25) is 0 Å². The molecule has 0 saturated heterocycles. The minimum Gasteiger partial charge on any atom is -0.497 e. The Morgan fingerprint density at radius 3 is 2.67 bits per heavy atom. The van der Waals surface area contributed by atoms with Crippen LogP contribution in [0.1, 0.15) is 38.2 Å². The van der Waals surface area contributed by atoms with E-state index in [1.807, 2.05) is 35.2 Å². The fourth-order valence-corrected chi connectivity index (χ4v) is 3.64. The average Bonchev–Trinajstić information content (AvgIpc) is 3.08. The zero-order valence-corrected chi connectivity index (χ0v) is 16.2. The third-order valence-electron chi connectivity index (χ3n) is 5.24. The van der Waals surface area contributed by atoms with Crippen LogP contribution < -0.4 is 10.3 Å². The van der Waals surface area contributed by atoms with E-state index >= 15 is 0 Å². The molecule has 142 valence electrons. The van der Waals surface area contributed by atoms with Gasteiger partial charge in [0.1, 0.15) is 17.0 Å². The predicted octanol–water partition coefficient (Wildman–Crippen LogP) is 2.59. The van der Waals surface area contributed by atoms with Gasteiger partial charge in [-0.3, -0.25) is 14.3 Å². The lowest BCUT2D eigenvalue weighted by atomic mass is 10.1. The van der Waals surface area contributed by atoms with Crippen LogP contribution in [0.15, 0.2) is 35.3 Å². The van der Waals surface area contributed by atoms with Crippen LogP contribution in [0.4, 0.5) is 0 Å². The Balaban J connectivity index is 1.67. The Bertz CT molecular complexity index is 1020. The lowest BCUT2D eigenvalue weighted by Crippen LogP contribution is -2.45. The smallest absolute Gasteiger partial charge is 0.264 e. The zero-order valence-electron chi connectivity index (χ0n) is 16.2. The number of ether oxygens (including phenoxy) is 1. The molecule has 0 spiro atoms. The second-order valence-corrected chi connectivity index (χ2v) is 7.47. The van der Waals surface area contributed by atoms with Gasteiger partial charge < -0.3 is 4.74 Å². The Morgan fingerprint density at radius 2 is 2.00 bits per heavy atom. The summed E-state index contributed by atoms with van der Waals surface area (Å²) in [5.41, 5.74) is 1.91. The van der Waals surface area contributed by atoms with E-state index in [1.54, 1.807) is 13.3 Å². The SMILES string of the molecule is COc1ccc(CN2Cc3nc4c(cnn4C(C)C)c(=O)n3CC2C)cc1. The molecule has 1 aliphatic heterocycles. The number of hydrogen-bond donors (Lipinski definition) is 0. The van der Waals surface area contributed by atoms with Crippen molar-refractivity contribution in [1.29, 1.82) is 0 Å². The van der Waals surface area contributed by atoms with E-state index in [9.17, 15) is 4.79 Å². The van der Waals surface area contributed by atoms with Gasteiger partial charge in [0, 0.05) is 25.2 Å². The summed E-state index contributed by atoms with van der Waals surface area (Å²) in [6.45, 7) is 8.33. The molecule has 1 unspecified atom stereocenters. The highest BCUT2D eigenvalue weighted by Gasteiger charge is 2.26. The first-order valence-corrected chi connectivity index (χ1v) is 9.32. The van der Waals surface area contributed by atoms with Crippen molar-refractivity contribution in [1.82, 2.24) is 24.2 Å². The van der Waals surface area contributed by atoms with E-state index in [0.717, 1.165) is 18.1 Å². The Hall–Kier alpha value is -2.67. The van der Waals surface area contributed by atoms with Crippen LogP contribution in [0, 0.1) is 0 Å². The number of benzene rings is 1. The number of aromatic nitrogens is 4. The van der Waals surface area contributed by atoms with Gasteiger partial charge >= 0.3 is 0 Å². The highest BCUT2D eigenvalue weighted by Crippen LogP contribution is 2.21. The van der Waals surface area contributed by atoms with Crippen molar-refractivity contribution in [3.05, 3.63) is 52.2 Å². The maximum absolute atomic E-state index is 12.9. The summed E-state index contributed by atoms with van der Waals surface area (Å²) in [6, 6.07) is 8.53. The molecule has 27 heavy (non-hydrogen) atoms. The Kier molecular flexibility index (Phi) is 4.47. The molecule has 1 aromatic carbocycles. The minimum absolute atomic E-state index is 0.0119. The second-order valence-electron chi connectivity index (χ2n) is 7.47. The Labute approximate surface area is 158 Å². The first-order chi connectivity index (χ1) is 13.0.